The van der Waals surface area contributed by atoms with Crippen molar-refractivity contribution in [1.29, 1.82) is 0 Å². The molecule has 4 nitrogen and oxygen atoms in total. The highest BCUT2D eigenvalue weighted by Crippen LogP contribution is 2.34. The van der Waals surface area contributed by atoms with Gasteiger partial charge in [-0.2, -0.15) is 0 Å². The first-order chi connectivity index (χ1) is 8.41. The number of aryl methyl sites for hydroxylation is 1. The van der Waals surface area contributed by atoms with Crippen LogP contribution in [0.5, 0.6) is 0 Å². The van der Waals surface area contributed by atoms with E-state index in [0.717, 1.165) is 21.5 Å². The molecule has 0 aromatic carbocycles. The fourth-order valence-corrected chi connectivity index (χ4v) is 3.67. The van der Waals surface area contributed by atoms with Crippen LogP contribution in [0.25, 0.3) is 0 Å². The van der Waals surface area contributed by atoms with Crippen LogP contribution in [0.4, 0.5) is 0 Å². The number of rotatable bonds is 4. The first-order valence-corrected chi connectivity index (χ1v) is 7.34. The van der Waals surface area contributed by atoms with Gasteiger partial charge in [-0.05, 0) is 48.7 Å². The van der Waals surface area contributed by atoms with Crippen molar-refractivity contribution < 1.29 is 14.7 Å². The summed E-state index contributed by atoms with van der Waals surface area (Å²) < 4.78 is 0.772. The number of hydrogen-bond donors (Lipinski definition) is 1. The molecule has 2 rings (SSSR count). The average Bonchev–Trinajstić information content (AvgIpc) is 3.04. The summed E-state index contributed by atoms with van der Waals surface area (Å²) in [5.74, 6) is -1.15. The van der Waals surface area contributed by atoms with Gasteiger partial charge in [0.05, 0.1) is 9.35 Å². The first-order valence-electron chi connectivity index (χ1n) is 5.73. The number of carboxylic acid groups (broad SMARTS) is 1. The maximum atomic E-state index is 12.4. The molecule has 98 valence electrons. The van der Waals surface area contributed by atoms with Gasteiger partial charge in [0.2, 0.25) is 0 Å². The second-order valence-corrected chi connectivity index (χ2v) is 7.08. The minimum Gasteiger partial charge on any atom is -0.480 e. The molecule has 1 aromatic heterocycles. The van der Waals surface area contributed by atoms with Gasteiger partial charge in [-0.3, -0.25) is 4.79 Å². The summed E-state index contributed by atoms with van der Waals surface area (Å²) in [6.45, 7) is 3.49. The Labute approximate surface area is 118 Å². The molecule has 1 aliphatic carbocycles. The maximum Gasteiger partial charge on any atom is 0.326 e. The average molecular weight is 332 g/mol. The number of aliphatic carboxylic acids is 1. The quantitative estimate of drug-likeness (QED) is 0.922. The maximum absolute atomic E-state index is 12.4. The highest BCUT2D eigenvalue weighted by molar-refractivity contribution is 9.11. The Bertz CT molecular complexity index is 496. The molecular weight excluding hydrogens is 318 g/mol. The summed E-state index contributed by atoms with van der Waals surface area (Å²) in [5, 5.41) is 9.10. The predicted molar refractivity (Wildman–Crippen MR) is 73.0 cm³/mol. The molecule has 1 heterocycles. The van der Waals surface area contributed by atoms with Crippen LogP contribution in [0.2, 0.25) is 0 Å². The lowest BCUT2D eigenvalue weighted by Gasteiger charge is -2.26. The number of carboxylic acids is 1. The van der Waals surface area contributed by atoms with Crippen LogP contribution >= 0.6 is 27.3 Å². The number of amides is 1. The Morgan fingerprint density at radius 3 is 2.56 bits per heavy atom. The molecule has 18 heavy (non-hydrogen) atoms. The summed E-state index contributed by atoms with van der Waals surface area (Å²) in [4.78, 5) is 26.1. The van der Waals surface area contributed by atoms with E-state index >= 15 is 0 Å². The van der Waals surface area contributed by atoms with Crippen molar-refractivity contribution >= 4 is 39.1 Å². The van der Waals surface area contributed by atoms with E-state index in [1.54, 1.807) is 13.0 Å². The van der Waals surface area contributed by atoms with Crippen molar-refractivity contribution in [3.05, 3.63) is 20.3 Å². The number of hydrogen-bond acceptors (Lipinski definition) is 3. The van der Waals surface area contributed by atoms with Gasteiger partial charge in [-0.25, -0.2) is 4.79 Å². The normalized spacial score (nSPS) is 16.4. The van der Waals surface area contributed by atoms with Gasteiger partial charge >= 0.3 is 5.97 Å². The minimum absolute atomic E-state index is 0.0794. The molecule has 1 atom stereocenters. The van der Waals surface area contributed by atoms with Gasteiger partial charge in [0.25, 0.3) is 5.91 Å². The molecule has 0 spiro atoms. The van der Waals surface area contributed by atoms with Crippen LogP contribution in [0, 0.1) is 6.92 Å². The highest BCUT2D eigenvalue weighted by atomic mass is 79.9. The minimum atomic E-state index is -0.960. The molecule has 6 heteroatoms. The number of nitrogens with zero attached hydrogens (tertiary/aromatic N) is 1. The molecule has 1 N–H and O–H groups in total. The summed E-state index contributed by atoms with van der Waals surface area (Å²) in [7, 11) is 0. The molecule has 0 saturated heterocycles. The lowest BCUT2D eigenvalue weighted by molar-refractivity contribution is -0.141. The van der Waals surface area contributed by atoms with E-state index in [-0.39, 0.29) is 11.9 Å². The third kappa shape index (κ3) is 2.59. The van der Waals surface area contributed by atoms with Gasteiger partial charge in [-0.15, -0.1) is 11.3 Å². The van der Waals surface area contributed by atoms with Gasteiger partial charge in [0.15, 0.2) is 0 Å². The molecule has 1 saturated carbocycles. The number of halogens is 1. The molecule has 0 aliphatic heterocycles. The number of thiophene rings is 1. The van der Waals surface area contributed by atoms with Gasteiger partial charge in [0.1, 0.15) is 6.04 Å². The van der Waals surface area contributed by atoms with E-state index < -0.39 is 12.0 Å². The van der Waals surface area contributed by atoms with Crippen LogP contribution in [-0.2, 0) is 4.79 Å². The second-order valence-electron chi connectivity index (χ2n) is 4.50. The van der Waals surface area contributed by atoms with E-state index in [2.05, 4.69) is 15.9 Å². The summed E-state index contributed by atoms with van der Waals surface area (Å²) in [6, 6.07) is 1.11. The van der Waals surface area contributed by atoms with Crippen LogP contribution in [-0.4, -0.2) is 34.0 Å². The molecule has 0 radical (unpaired) electrons. The van der Waals surface area contributed by atoms with Crippen LogP contribution < -0.4 is 0 Å². The van der Waals surface area contributed by atoms with Gasteiger partial charge in [-0.1, -0.05) is 0 Å². The van der Waals surface area contributed by atoms with Crippen LogP contribution in [0.3, 0.4) is 0 Å². The van der Waals surface area contributed by atoms with Gasteiger partial charge < -0.3 is 10.0 Å². The Morgan fingerprint density at radius 1 is 1.56 bits per heavy atom. The zero-order valence-electron chi connectivity index (χ0n) is 10.1. The zero-order chi connectivity index (χ0) is 13.4. The van der Waals surface area contributed by atoms with Crippen molar-refractivity contribution in [3.63, 3.8) is 0 Å². The van der Waals surface area contributed by atoms with Crippen molar-refractivity contribution in [2.24, 2.45) is 0 Å². The van der Waals surface area contributed by atoms with Crippen molar-refractivity contribution in [3.8, 4) is 0 Å². The third-order valence-corrected chi connectivity index (χ3v) is 4.74. The molecule has 1 aliphatic rings. The van der Waals surface area contributed by atoms with Crippen LogP contribution in [0.15, 0.2) is 9.85 Å². The number of carbonyl (C=O) groups is 2. The number of carbonyl (C=O) groups excluding carboxylic acids is 1. The fourth-order valence-electron chi connectivity index (χ4n) is 1.90. The van der Waals surface area contributed by atoms with E-state index in [0.29, 0.717) is 5.56 Å². The van der Waals surface area contributed by atoms with E-state index in [9.17, 15) is 9.59 Å². The molecule has 1 unspecified atom stereocenters. The lowest BCUT2D eigenvalue weighted by atomic mass is 10.2. The Kier molecular flexibility index (Phi) is 3.77. The standard InChI is InChI=1S/C12H14BrNO3S/c1-6-5-9(10(13)18-6)11(15)14(8-3-4-8)7(2)12(16)17/h5,7-8H,3-4H2,1-2H3,(H,16,17). The Balaban J connectivity index is 2.29. The molecular formula is C12H14BrNO3S. The Hall–Kier alpha value is -0.880. The van der Waals surface area contributed by atoms with E-state index in [1.165, 1.54) is 16.2 Å². The monoisotopic (exact) mass is 331 g/mol. The Morgan fingerprint density at radius 2 is 2.17 bits per heavy atom. The predicted octanol–water partition coefficient (Wildman–Crippen LogP) is 2.90. The van der Waals surface area contributed by atoms with E-state index in [1.807, 2.05) is 6.92 Å². The highest BCUT2D eigenvalue weighted by Gasteiger charge is 2.39. The SMILES string of the molecule is Cc1cc(C(=O)N(C2CC2)C(C)C(=O)O)c(Br)s1. The van der Waals surface area contributed by atoms with E-state index in [4.69, 9.17) is 5.11 Å². The topological polar surface area (TPSA) is 57.6 Å². The van der Waals surface area contributed by atoms with Crippen molar-refractivity contribution in [2.45, 2.75) is 38.8 Å². The molecule has 1 aromatic rings. The first kappa shape index (κ1) is 13.5. The molecule has 0 bridgehead atoms. The third-order valence-electron chi connectivity index (χ3n) is 2.99. The fraction of sp³-hybridized carbons (Fsp3) is 0.500. The van der Waals surface area contributed by atoms with Crippen LogP contribution in [0.1, 0.15) is 35.0 Å². The van der Waals surface area contributed by atoms with Crippen molar-refractivity contribution in [1.82, 2.24) is 4.90 Å². The largest absolute Gasteiger partial charge is 0.480 e. The smallest absolute Gasteiger partial charge is 0.326 e. The van der Waals surface area contributed by atoms with Crippen molar-refractivity contribution in [2.75, 3.05) is 0 Å². The zero-order valence-corrected chi connectivity index (χ0v) is 12.5. The summed E-state index contributed by atoms with van der Waals surface area (Å²) >= 11 is 4.85. The summed E-state index contributed by atoms with van der Waals surface area (Å²) in [6.07, 6.45) is 1.79. The molecule has 1 amide bonds. The summed E-state index contributed by atoms with van der Waals surface area (Å²) in [5.41, 5.74) is 0.567. The lowest BCUT2D eigenvalue weighted by Crippen LogP contribution is -2.44. The van der Waals surface area contributed by atoms with Gasteiger partial charge in [0, 0.05) is 10.9 Å². The second kappa shape index (κ2) is 5.01. The molecule has 1 fully saturated rings.